The molecule has 2 aromatic rings. The molecular weight excluding hydrogens is 358 g/mol. The summed E-state index contributed by atoms with van der Waals surface area (Å²) in [5.74, 6) is 0.108. The summed E-state index contributed by atoms with van der Waals surface area (Å²) in [6.07, 6.45) is 1.60. The van der Waals surface area contributed by atoms with Gasteiger partial charge in [-0.2, -0.15) is 0 Å². The van der Waals surface area contributed by atoms with E-state index in [0.717, 1.165) is 24.0 Å². The molecule has 2 rings (SSSR count). The van der Waals surface area contributed by atoms with E-state index in [2.05, 4.69) is 19.2 Å². The Bertz CT molecular complexity index is 633. The van der Waals surface area contributed by atoms with Crippen molar-refractivity contribution in [1.82, 2.24) is 5.32 Å². The topological polar surface area (TPSA) is 72.7 Å². The van der Waals surface area contributed by atoms with Gasteiger partial charge in [-0.25, -0.2) is 0 Å². The van der Waals surface area contributed by atoms with Gasteiger partial charge in [-0.05, 0) is 62.1 Å². The Labute approximate surface area is 147 Å². The van der Waals surface area contributed by atoms with Gasteiger partial charge in [-0.3, -0.25) is 0 Å². The maximum Gasteiger partial charge on any atom is 0.157 e. The molecule has 2 atom stereocenters. The predicted molar refractivity (Wildman–Crippen MR) is 97.7 cm³/mol. The number of aromatic hydroxyl groups is 3. The Morgan fingerprint density at radius 2 is 1.43 bits per heavy atom. The maximum absolute atomic E-state index is 9.52. The summed E-state index contributed by atoms with van der Waals surface area (Å²) in [7, 11) is 0. The van der Waals surface area contributed by atoms with Gasteiger partial charge in [0.25, 0.3) is 0 Å². The maximum atomic E-state index is 9.52. The van der Waals surface area contributed by atoms with E-state index >= 15 is 0 Å². The monoisotopic (exact) mass is 381 g/mol. The van der Waals surface area contributed by atoms with Gasteiger partial charge in [0.2, 0.25) is 0 Å². The molecule has 0 fully saturated rings. The molecular formula is C18H24BrNO3. The van der Waals surface area contributed by atoms with Crippen LogP contribution in [-0.4, -0.2) is 27.4 Å². The lowest BCUT2D eigenvalue weighted by molar-refractivity contribution is 0.402. The van der Waals surface area contributed by atoms with Gasteiger partial charge < -0.3 is 20.6 Å². The van der Waals surface area contributed by atoms with Crippen molar-refractivity contribution in [1.29, 1.82) is 0 Å². The number of phenols is 3. The smallest absolute Gasteiger partial charge is 0.157 e. The van der Waals surface area contributed by atoms with Crippen LogP contribution >= 0.6 is 17.0 Å². The molecule has 0 bridgehead atoms. The first kappa shape index (κ1) is 19.3. The molecule has 2 unspecified atom stereocenters. The summed E-state index contributed by atoms with van der Waals surface area (Å²) in [6.45, 7) is 4.19. The van der Waals surface area contributed by atoms with Gasteiger partial charge in [-0.15, -0.1) is 17.0 Å². The van der Waals surface area contributed by atoms with Crippen molar-refractivity contribution in [2.24, 2.45) is 0 Å². The summed E-state index contributed by atoms with van der Waals surface area (Å²) in [5, 5.41) is 31.8. The Kier molecular flexibility index (Phi) is 7.39. The SMILES string of the molecule is Br.CC(Cc1cccc(O)c1)NC(C)Cc1ccc(O)c(O)c1. The Hall–Kier alpha value is -1.72. The molecule has 0 aliphatic rings. The fraction of sp³-hybridized carbons (Fsp3) is 0.333. The first-order valence-electron chi connectivity index (χ1n) is 7.49. The number of hydrogen-bond acceptors (Lipinski definition) is 4. The molecule has 4 N–H and O–H groups in total. The van der Waals surface area contributed by atoms with Crippen LogP contribution in [0.3, 0.4) is 0 Å². The average molecular weight is 382 g/mol. The highest BCUT2D eigenvalue weighted by Crippen LogP contribution is 2.25. The molecule has 4 nitrogen and oxygen atoms in total. The number of hydrogen-bond donors (Lipinski definition) is 4. The van der Waals surface area contributed by atoms with Crippen LogP contribution in [0, 0.1) is 0 Å². The number of benzene rings is 2. The predicted octanol–water partition coefficient (Wildman–Crippen LogP) is 3.53. The summed E-state index contributed by atoms with van der Waals surface area (Å²) in [4.78, 5) is 0. The number of phenolic OH excluding ortho intramolecular Hbond substituents is 3. The van der Waals surface area contributed by atoms with E-state index in [-0.39, 0.29) is 46.3 Å². The lowest BCUT2D eigenvalue weighted by atomic mass is 10.0. The molecule has 0 heterocycles. The second kappa shape index (κ2) is 8.79. The van der Waals surface area contributed by atoms with Gasteiger partial charge in [0.15, 0.2) is 11.5 Å². The van der Waals surface area contributed by atoms with Crippen LogP contribution in [0.1, 0.15) is 25.0 Å². The first-order valence-corrected chi connectivity index (χ1v) is 7.49. The minimum atomic E-state index is -0.0957. The molecule has 0 aliphatic carbocycles. The van der Waals surface area contributed by atoms with Crippen molar-refractivity contribution in [2.45, 2.75) is 38.8 Å². The van der Waals surface area contributed by atoms with Crippen LogP contribution in [0.5, 0.6) is 17.2 Å². The quantitative estimate of drug-likeness (QED) is 0.577. The van der Waals surface area contributed by atoms with Crippen LogP contribution in [-0.2, 0) is 12.8 Å². The second-order valence-corrected chi connectivity index (χ2v) is 5.87. The van der Waals surface area contributed by atoms with E-state index in [1.165, 1.54) is 6.07 Å². The van der Waals surface area contributed by atoms with E-state index in [1.807, 2.05) is 18.2 Å². The van der Waals surface area contributed by atoms with Crippen LogP contribution < -0.4 is 5.32 Å². The Balaban J connectivity index is 0.00000264. The molecule has 0 aromatic heterocycles. The van der Waals surface area contributed by atoms with Crippen LogP contribution in [0.2, 0.25) is 0 Å². The van der Waals surface area contributed by atoms with E-state index < -0.39 is 0 Å². The molecule has 0 saturated heterocycles. The van der Waals surface area contributed by atoms with Gasteiger partial charge in [0.1, 0.15) is 5.75 Å². The summed E-state index contributed by atoms with van der Waals surface area (Å²) in [5.41, 5.74) is 2.06. The summed E-state index contributed by atoms with van der Waals surface area (Å²) < 4.78 is 0. The highest BCUT2D eigenvalue weighted by molar-refractivity contribution is 8.93. The van der Waals surface area contributed by atoms with Crippen molar-refractivity contribution in [3.63, 3.8) is 0 Å². The zero-order valence-electron chi connectivity index (χ0n) is 13.4. The third kappa shape index (κ3) is 6.12. The minimum absolute atomic E-state index is 0. The zero-order chi connectivity index (χ0) is 16.1. The molecule has 0 amide bonds. The Morgan fingerprint density at radius 3 is 2.00 bits per heavy atom. The van der Waals surface area contributed by atoms with Crippen molar-refractivity contribution < 1.29 is 15.3 Å². The summed E-state index contributed by atoms with van der Waals surface area (Å²) >= 11 is 0. The van der Waals surface area contributed by atoms with Gasteiger partial charge in [0, 0.05) is 12.1 Å². The van der Waals surface area contributed by atoms with Crippen LogP contribution in [0.4, 0.5) is 0 Å². The van der Waals surface area contributed by atoms with Crippen LogP contribution in [0.25, 0.3) is 0 Å². The van der Waals surface area contributed by atoms with Gasteiger partial charge in [0.05, 0.1) is 0 Å². The highest BCUT2D eigenvalue weighted by Gasteiger charge is 2.10. The minimum Gasteiger partial charge on any atom is -0.508 e. The lowest BCUT2D eigenvalue weighted by Gasteiger charge is -2.20. The molecule has 0 spiro atoms. The third-order valence-corrected chi connectivity index (χ3v) is 3.60. The molecule has 5 heteroatoms. The average Bonchev–Trinajstić information content (AvgIpc) is 2.42. The molecule has 0 radical (unpaired) electrons. The standard InChI is InChI=1S/C18H23NO3.BrH/c1-12(8-14-4-3-5-16(20)10-14)19-13(2)9-15-6-7-17(21)18(22)11-15;/h3-7,10-13,19-22H,8-9H2,1-2H3;1H. The number of rotatable bonds is 6. The van der Waals surface area contributed by atoms with Gasteiger partial charge >= 0.3 is 0 Å². The van der Waals surface area contributed by atoms with Crippen LogP contribution in [0.15, 0.2) is 42.5 Å². The zero-order valence-corrected chi connectivity index (χ0v) is 15.1. The van der Waals surface area contributed by atoms with Crippen molar-refractivity contribution in [2.75, 3.05) is 0 Å². The second-order valence-electron chi connectivity index (χ2n) is 5.87. The molecule has 23 heavy (non-hydrogen) atoms. The van der Waals surface area contributed by atoms with E-state index in [1.54, 1.807) is 18.2 Å². The number of halogens is 1. The lowest BCUT2D eigenvalue weighted by Crippen LogP contribution is -2.37. The third-order valence-electron chi connectivity index (χ3n) is 3.60. The normalized spacial score (nSPS) is 13.1. The molecule has 0 aliphatic heterocycles. The first-order chi connectivity index (χ1) is 10.4. The number of nitrogens with one attached hydrogen (secondary N) is 1. The fourth-order valence-electron chi connectivity index (χ4n) is 2.69. The largest absolute Gasteiger partial charge is 0.508 e. The van der Waals surface area contributed by atoms with E-state index in [4.69, 9.17) is 0 Å². The van der Waals surface area contributed by atoms with Crippen molar-refractivity contribution in [3.05, 3.63) is 53.6 Å². The molecule has 126 valence electrons. The Morgan fingerprint density at radius 1 is 0.826 bits per heavy atom. The van der Waals surface area contributed by atoms with Crippen molar-refractivity contribution in [3.8, 4) is 17.2 Å². The fourth-order valence-corrected chi connectivity index (χ4v) is 2.69. The van der Waals surface area contributed by atoms with E-state index in [9.17, 15) is 15.3 Å². The van der Waals surface area contributed by atoms with Gasteiger partial charge in [-0.1, -0.05) is 18.2 Å². The molecule has 2 aromatic carbocycles. The highest BCUT2D eigenvalue weighted by atomic mass is 79.9. The molecule has 0 saturated carbocycles. The van der Waals surface area contributed by atoms with E-state index in [0.29, 0.717) is 0 Å². The summed E-state index contributed by atoms with van der Waals surface area (Å²) in [6, 6.07) is 12.7. The van der Waals surface area contributed by atoms with Crippen molar-refractivity contribution >= 4 is 17.0 Å².